The van der Waals surface area contributed by atoms with Crippen molar-refractivity contribution in [2.24, 2.45) is 5.41 Å². The third kappa shape index (κ3) is 3.00. The number of carboxylic acids is 1. The van der Waals surface area contributed by atoms with Crippen LogP contribution in [0.4, 0.5) is 0 Å². The van der Waals surface area contributed by atoms with Gasteiger partial charge in [0.15, 0.2) is 0 Å². The molecule has 2 amide bonds. The molecule has 24 heavy (non-hydrogen) atoms. The number of rotatable bonds is 5. The van der Waals surface area contributed by atoms with E-state index in [1.807, 2.05) is 0 Å². The molecule has 2 aliphatic rings. The fraction of sp³-hybridized carbons (Fsp3) is 0.500. The number of para-hydroxylation sites is 1. The predicted octanol–water partition coefficient (Wildman–Crippen LogP) is 2.47. The molecule has 1 aromatic carbocycles. The summed E-state index contributed by atoms with van der Waals surface area (Å²) in [4.78, 5) is 37.3. The van der Waals surface area contributed by atoms with Crippen LogP contribution < -0.4 is 4.74 Å². The van der Waals surface area contributed by atoms with Gasteiger partial charge in [-0.15, -0.1) is 0 Å². The van der Waals surface area contributed by atoms with Gasteiger partial charge in [0.2, 0.25) is 11.8 Å². The second-order valence-electron chi connectivity index (χ2n) is 6.52. The molecule has 2 fully saturated rings. The molecule has 0 atom stereocenters. The molecule has 1 aromatic rings. The van der Waals surface area contributed by atoms with E-state index in [1.54, 1.807) is 18.2 Å². The molecular formula is C18H21NO5. The van der Waals surface area contributed by atoms with Crippen LogP contribution >= 0.6 is 0 Å². The van der Waals surface area contributed by atoms with Gasteiger partial charge < -0.3 is 9.84 Å². The van der Waals surface area contributed by atoms with Crippen molar-refractivity contribution in [1.29, 1.82) is 0 Å². The summed E-state index contributed by atoms with van der Waals surface area (Å²) in [5, 5.41) is 9.13. The molecule has 1 aliphatic carbocycles. The van der Waals surface area contributed by atoms with Gasteiger partial charge in [-0.1, -0.05) is 31.4 Å². The second kappa shape index (κ2) is 6.63. The average Bonchev–Trinajstić information content (AvgIpc) is 2.80. The molecular weight excluding hydrogens is 310 g/mol. The Morgan fingerprint density at radius 2 is 1.88 bits per heavy atom. The molecule has 1 saturated carbocycles. The normalized spacial score (nSPS) is 19.8. The van der Waals surface area contributed by atoms with Crippen LogP contribution in [0, 0.1) is 5.41 Å². The molecule has 0 aromatic heterocycles. The van der Waals surface area contributed by atoms with Gasteiger partial charge in [0.25, 0.3) is 0 Å². The van der Waals surface area contributed by atoms with E-state index in [0.717, 1.165) is 32.1 Å². The summed E-state index contributed by atoms with van der Waals surface area (Å²) in [6.07, 6.45) is 4.99. The number of likely N-dealkylation sites (tertiary alicyclic amines) is 1. The molecule has 6 nitrogen and oxygen atoms in total. The molecule has 0 bridgehead atoms. The van der Waals surface area contributed by atoms with Gasteiger partial charge in [0, 0.05) is 6.42 Å². The fourth-order valence-corrected chi connectivity index (χ4v) is 3.72. The maximum atomic E-state index is 12.7. The largest absolute Gasteiger partial charge is 0.491 e. The van der Waals surface area contributed by atoms with Crippen LogP contribution in [-0.4, -0.2) is 40.9 Å². The first kappa shape index (κ1) is 16.5. The zero-order valence-electron chi connectivity index (χ0n) is 13.5. The number of benzene rings is 1. The average molecular weight is 331 g/mol. The number of nitrogens with zero attached hydrogens (tertiary/aromatic N) is 1. The Balaban J connectivity index is 1.62. The van der Waals surface area contributed by atoms with Crippen LogP contribution in [0.3, 0.4) is 0 Å². The van der Waals surface area contributed by atoms with E-state index >= 15 is 0 Å². The number of hydrogen-bond acceptors (Lipinski definition) is 4. The summed E-state index contributed by atoms with van der Waals surface area (Å²) >= 11 is 0. The minimum Gasteiger partial charge on any atom is -0.491 e. The molecule has 1 saturated heterocycles. The minimum absolute atomic E-state index is 0.0697. The fourth-order valence-electron chi connectivity index (χ4n) is 3.72. The molecule has 3 rings (SSSR count). The lowest BCUT2D eigenvalue weighted by Crippen LogP contribution is -2.39. The van der Waals surface area contributed by atoms with Gasteiger partial charge in [0.1, 0.15) is 17.9 Å². The standard InChI is InChI=1S/C18H21NO5/c20-15-12-18(8-4-1-5-9-18)17(23)19(15)10-11-24-14-7-3-2-6-13(14)16(21)22/h2-3,6-7H,1,4-5,8-12H2,(H,21,22). The van der Waals surface area contributed by atoms with Crippen molar-refractivity contribution in [2.45, 2.75) is 38.5 Å². The van der Waals surface area contributed by atoms with E-state index in [-0.39, 0.29) is 36.3 Å². The lowest BCUT2D eigenvalue weighted by Gasteiger charge is -2.30. The van der Waals surface area contributed by atoms with Crippen LogP contribution in [-0.2, 0) is 9.59 Å². The summed E-state index contributed by atoms with van der Waals surface area (Å²) in [6, 6.07) is 6.34. The molecule has 6 heteroatoms. The molecule has 1 aliphatic heterocycles. The monoisotopic (exact) mass is 331 g/mol. The first-order chi connectivity index (χ1) is 11.5. The van der Waals surface area contributed by atoms with Gasteiger partial charge in [-0.25, -0.2) is 4.79 Å². The van der Waals surface area contributed by atoms with E-state index in [9.17, 15) is 14.4 Å². The highest BCUT2D eigenvalue weighted by Gasteiger charge is 2.51. The van der Waals surface area contributed by atoms with E-state index in [4.69, 9.17) is 9.84 Å². The van der Waals surface area contributed by atoms with Gasteiger partial charge >= 0.3 is 5.97 Å². The van der Waals surface area contributed by atoms with Crippen molar-refractivity contribution >= 4 is 17.8 Å². The van der Waals surface area contributed by atoms with Crippen LogP contribution in [0.25, 0.3) is 0 Å². The number of carbonyl (C=O) groups is 3. The van der Waals surface area contributed by atoms with Crippen LogP contribution in [0.1, 0.15) is 48.9 Å². The Kier molecular flexibility index (Phi) is 4.55. The van der Waals surface area contributed by atoms with Crippen molar-refractivity contribution in [3.05, 3.63) is 29.8 Å². The van der Waals surface area contributed by atoms with Crippen molar-refractivity contribution < 1.29 is 24.2 Å². The zero-order valence-corrected chi connectivity index (χ0v) is 13.5. The van der Waals surface area contributed by atoms with Crippen molar-refractivity contribution in [2.75, 3.05) is 13.2 Å². The van der Waals surface area contributed by atoms with Gasteiger partial charge in [0.05, 0.1) is 12.0 Å². The predicted molar refractivity (Wildman–Crippen MR) is 85.8 cm³/mol. The summed E-state index contributed by atoms with van der Waals surface area (Å²) in [5.41, 5.74) is -0.422. The highest BCUT2D eigenvalue weighted by Crippen LogP contribution is 2.45. The molecule has 1 spiro atoms. The third-order valence-corrected chi connectivity index (χ3v) is 4.99. The number of hydrogen-bond donors (Lipinski definition) is 1. The molecule has 1 N–H and O–H groups in total. The van der Waals surface area contributed by atoms with E-state index < -0.39 is 11.4 Å². The summed E-state index contributed by atoms with van der Waals surface area (Å²) < 4.78 is 5.51. The van der Waals surface area contributed by atoms with E-state index in [1.165, 1.54) is 11.0 Å². The van der Waals surface area contributed by atoms with E-state index in [2.05, 4.69) is 0 Å². The minimum atomic E-state index is -1.07. The Labute approximate surface area is 140 Å². The van der Waals surface area contributed by atoms with Crippen LogP contribution in [0.2, 0.25) is 0 Å². The highest BCUT2D eigenvalue weighted by atomic mass is 16.5. The Morgan fingerprint density at radius 3 is 2.58 bits per heavy atom. The Hall–Kier alpha value is -2.37. The maximum Gasteiger partial charge on any atom is 0.339 e. The van der Waals surface area contributed by atoms with Crippen molar-refractivity contribution in [1.82, 2.24) is 4.90 Å². The first-order valence-electron chi connectivity index (χ1n) is 8.33. The summed E-state index contributed by atoms with van der Waals surface area (Å²) in [7, 11) is 0. The smallest absolute Gasteiger partial charge is 0.339 e. The van der Waals surface area contributed by atoms with Gasteiger partial charge in [-0.3, -0.25) is 14.5 Å². The van der Waals surface area contributed by atoms with Crippen molar-refractivity contribution in [3.63, 3.8) is 0 Å². The van der Waals surface area contributed by atoms with Crippen molar-refractivity contribution in [3.8, 4) is 5.75 Å². The number of carboxylic acid groups (broad SMARTS) is 1. The van der Waals surface area contributed by atoms with Crippen LogP contribution in [0.15, 0.2) is 24.3 Å². The maximum absolute atomic E-state index is 12.7. The SMILES string of the molecule is O=C(O)c1ccccc1OCCN1C(=O)CC2(CCCCC2)C1=O. The van der Waals surface area contributed by atoms with Gasteiger partial charge in [-0.05, 0) is 25.0 Å². The number of aromatic carboxylic acids is 1. The number of ether oxygens (including phenoxy) is 1. The summed E-state index contributed by atoms with van der Waals surface area (Å²) in [5.74, 6) is -1.05. The lowest BCUT2D eigenvalue weighted by atomic mass is 9.73. The van der Waals surface area contributed by atoms with Gasteiger partial charge in [-0.2, -0.15) is 0 Å². The number of amides is 2. The highest BCUT2D eigenvalue weighted by molar-refractivity contribution is 6.05. The Bertz CT molecular complexity index is 663. The molecule has 0 unspecified atom stereocenters. The van der Waals surface area contributed by atoms with E-state index in [0.29, 0.717) is 6.42 Å². The van der Waals surface area contributed by atoms with Crippen LogP contribution in [0.5, 0.6) is 5.75 Å². The number of carbonyl (C=O) groups excluding carboxylic acids is 2. The lowest BCUT2D eigenvalue weighted by molar-refractivity contribution is -0.142. The third-order valence-electron chi connectivity index (χ3n) is 4.99. The molecule has 128 valence electrons. The quantitative estimate of drug-likeness (QED) is 0.838. The second-order valence-corrected chi connectivity index (χ2v) is 6.52. The Morgan fingerprint density at radius 1 is 1.17 bits per heavy atom. The molecule has 0 radical (unpaired) electrons. The zero-order chi connectivity index (χ0) is 17.2. The topological polar surface area (TPSA) is 83.9 Å². The number of imide groups is 1. The molecule has 1 heterocycles. The summed E-state index contributed by atoms with van der Waals surface area (Å²) in [6.45, 7) is 0.255. The first-order valence-corrected chi connectivity index (χ1v) is 8.33.